The predicted molar refractivity (Wildman–Crippen MR) is 99.7 cm³/mol. The number of aromatic nitrogens is 2. The first-order chi connectivity index (χ1) is 12.2. The van der Waals surface area contributed by atoms with Crippen molar-refractivity contribution in [1.82, 2.24) is 14.9 Å². The van der Waals surface area contributed by atoms with Gasteiger partial charge in [0.2, 0.25) is 0 Å². The summed E-state index contributed by atoms with van der Waals surface area (Å²) in [4.78, 5) is 23.3. The molecule has 3 heterocycles. The highest BCUT2D eigenvalue weighted by Crippen LogP contribution is 2.35. The lowest BCUT2D eigenvalue weighted by molar-refractivity contribution is 0.0666. The second kappa shape index (κ2) is 6.54. The second-order valence-corrected chi connectivity index (χ2v) is 7.42. The average Bonchev–Trinajstić information content (AvgIpc) is 3.17. The van der Waals surface area contributed by atoms with Crippen LogP contribution in [-0.2, 0) is 5.41 Å². The van der Waals surface area contributed by atoms with Crippen LogP contribution in [0.3, 0.4) is 0 Å². The molecule has 0 aliphatic carbocycles. The molecule has 6 heteroatoms. The Morgan fingerprint density at radius 2 is 1.92 bits per heavy atom. The van der Waals surface area contributed by atoms with Crippen LogP contribution in [0.15, 0.2) is 48.1 Å². The van der Waals surface area contributed by atoms with Crippen LogP contribution >= 0.6 is 11.3 Å². The Morgan fingerprint density at radius 1 is 1.16 bits per heavy atom. The van der Waals surface area contributed by atoms with Gasteiger partial charge in [0.1, 0.15) is 12.0 Å². The number of hydrogen-bond donors (Lipinski definition) is 1. The lowest BCUT2D eigenvalue weighted by Crippen LogP contribution is -2.48. The Labute approximate surface area is 150 Å². The van der Waals surface area contributed by atoms with E-state index in [2.05, 4.69) is 34.2 Å². The Hall–Kier alpha value is -2.31. The monoisotopic (exact) mass is 352 g/mol. The van der Waals surface area contributed by atoms with Gasteiger partial charge in [0.05, 0.1) is 10.2 Å². The lowest BCUT2D eigenvalue weighted by Gasteiger charge is -2.41. The summed E-state index contributed by atoms with van der Waals surface area (Å²) in [5.74, 6) is -0.00599. The van der Waals surface area contributed by atoms with Gasteiger partial charge in [0.25, 0.3) is 5.91 Å². The fourth-order valence-electron chi connectivity index (χ4n) is 3.63. The van der Waals surface area contributed by atoms with E-state index >= 15 is 0 Å². The number of carbonyl (C=O) groups is 1. The number of piperidine rings is 1. The molecule has 3 aromatic rings. The molecule has 1 saturated heterocycles. The van der Waals surface area contributed by atoms with Crippen LogP contribution < -0.4 is 5.73 Å². The minimum atomic E-state index is -0.0397. The standard InChI is InChI=1S/C19H20N4OS/c20-12-19(14-4-2-1-3-5-14)7-9-23(10-8-19)18(24)16-17-15(6-11-25-17)21-13-22-16/h1-6,11,13H,7-10,12,20H2. The first-order valence-corrected chi connectivity index (χ1v) is 9.34. The SMILES string of the molecule is NCC1(c2ccccc2)CCN(C(=O)c2ncnc3ccsc23)CC1. The number of likely N-dealkylation sites (tertiary alicyclic amines) is 1. The van der Waals surface area contributed by atoms with Gasteiger partial charge in [-0.05, 0) is 29.9 Å². The molecular formula is C19H20N4OS. The fraction of sp³-hybridized carbons (Fsp3) is 0.316. The number of rotatable bonds is 3. The summed E-state index contributed by atoms with van der Waals surface area (Å²) in [7, 11) is 0. The zero-order chi connectivity index (χ0) is 17.3. The van der Waals surface area contributed by atoms with Gasteiger partial charge in [-0.2, -0.15) is 0 Å². The predicted octanol–water partition coefficient (Wildman–Crippen LogP) is 2.82. The lowest BCUT2D eigenvalue weighted by atomic mass is 9.73. The smallest absolute Gasteiger partial charge is 0.274 e. The number of benzene rings is 1. The Kier molecular flexibility index (Phi) is 4.23. The van der Waals surface area contributed by atoms with Crippen molar-refractivity contribution in [2.24, 2.45) is 5.73 Å². The Morgan fingerprint density at radius 3 is 2.64 bits per heavy atom. The van der Waals surface area contributed by atoms with Gasteiger partial charge in [-0.1, -0.05) is 30.3 Å². The second-order valence-electron chi connectivity index (χ2n) is 6.50. The first-order valence-electron chi connectivity index (χ1n) is 8.47. The zero-order valence-corrected chi connectivity index (χ0v) is 14.7. The van der Waals surface area contributed by atoms with Crippen LogP contribution in [0.5, 0.6) is 0 Å². The van der Waals surface area contributed by atoms with E-state index in [-0.39, 0.29) is 11.3 Å². The third-order valence-electron chi connectivity index (χ3n) is 5.23. The Bertz CT molecular complexity index is 885. The van der Waals surface area contributed by atoms with Crippen LogP contribution in [0.2, 0.25) is 0 Å². The quantitative estimate of drug-likeness (QED) is 0.787. The van der Waals surface area contributed by atoms with Gasteiger partial charge >= 0.3 is 0 Å². The molecule has 2 aromatic heterocycles. The third-order valence-corrected chi connectivity index (χ3v) is 6.14. The summed E-state index contributed by atoms with van der Waals surface area (Å²) in [6, 6.07) is 12.3. The Balaban J connectivity index is 1.55. The highest BCUT2D eigenvalue weighted by molar-refractivity contribution is 7.17. The van der Waals surface area contributed by atoms with E-state index in [1.807, 2.05) is 22.4 Å². The normalized spacial score (nSPS) is 16.9. The van der Waals surface area contributed by atoms with Gasteiger partial charge in [0.15, 0.2) is 0 Å². The van der Waals surface area contributed by atoms with Gasteiger partial charge in [-0.15, -0.1) is 11.3 Å². The van der Waals surface area contributed by atoms with E-state index < -0.39 is 0 Å². The fourth-order valence-corrected chi connectivity index (χ4v) is 4.46. The van der Waals surface area contributed by atoms with E-state index in [9.17, 15) is 4.79 Å². The molecule has 1 fully saturated rings. The number of nitrogens with zero attached hydrogens (tertiary/aromatic N) is 3. The van der Waals surface area contributed by atoms with E-state index in [4.69, 9.17) is 5.73 Å². The van der Waals surface area contributed by atoms with Crippen molar-refractivity contribution in [1.29, 1.82) is 0 Å². The summed E-state index contributed by atoms with van der Waals surface area (Å²) in [5, 5.41) is 1.95. The van der Waals surface area contributed by atoms with Crippen LogP contribution in [0, 0.1) is 0 Å². The van der Waals surface area contributed by atoms with Crippen molar-refractivity contribution in [3.63, 3.8) is 0 Å². The maximum Gasteiger partial charge on any atom is 0.274 e. The molecule has 1 aliphatic rings. The molecule has 0 saturated carbocycles. The minimum absolute atomic E-state index is 0.00599. The number of thiophene rings is 1. The summed E-state index contributed by atoms with van der Waals surface area (Å²) >= 11 is 1.51. The van der Waals surface area contributed by atoms with Crippen LogP contribution in [0.25, 0.3) is 10.2 Å². The summed E-state index contributed by atoms with van der Waals surface area (Å²) in [6.07, 6.45) is 3.22. The van der Waals surface area contributed by atoms with Crippen molar-refractivity contribution in [3.05, 3.63) is 59.4 Å². The molecule has 0 radical (unpaired) electrons. The zero-order valence-electron chi connectivity index (χ0n) is 13.9. The highest BCUT2D eigenvalue weighted by atomic mass is 32.1. The van der Waals surface area contributed by atoms with Crippen molar-refractivity contribution in [2.75, 3.05) is 19.6 Å². The molecule has 1 aliphatic heterocycles. The summed E-state index contributed by atoms with van der Waals surface area (Å²) in [6.45, 7) is 1.99. The number of hydrogen-bond acceptors (Lipinski definition) is 5. The van der Waals surface area contributed by atoms with E-state index in [0.717, 1.165) is 23.1 Å². The van der Waals surface area contributed by atoms with Gasteiger partial charge in [-0.3, -0.25) is 4.79 Å². The van der Waals surface area contributed by atoms with Crippen molar-refractivity contribution < 1.29 is 4.79 Å². The molecule has 1 amide bonds. The molecule has 1 aromatic carbocycles. The summed E-state index contributed by atoms with van der Waals surface area (Å²) < 4.78 is 0.867. The van der Waals surface area contributed by atoms with E-state index in [1.54, 1.807) is 0 Å². The molecule has 128 valence electrons. The highest BCUT2D eigenvalue weighted by Gasteiger charge is 2.37. The van der Waals surface area contributed by atoms with Crippen LogP contribution in [0.4, 0.5) is 0 Å². The molecule has 0 atom stereocenters. The van der Waals surface area contributed by atoms with E-state index in [1.165, 1.54) is 23.2 Å². The van der Waals surface area contributed by atoms with Crippen molar-refractivity contribution in [3.8, 4) is 0 Å². The number of amides is 1. The molecule has 5 nitrogen and oxygen atoms in total. The maximum absolute atomic E-state index is 13.0. The van der Waals surface area contributed by atoms with Crippen molar-refractivity contribution in [2.45, 2.75) is 18.3 Å². The minimum Gasteiger partial charge on any atom is -0.337 e. The molecular weight excluding hydrogens is 332 g/mol. The number of nitrogens with two attached hydrogens (primary N) is 1. The third kappa shape index (κ3) is 2.81. The molecule has 4 rings (SSSR count). The molecule has 2 N–H and O–H groups in total. The number of fused-ring (bicyclic) bond motifs is 1. The van der Waals surface area contributed by atoms with Crippen LogP contribution in [-0.4, -0.2) is 40.4 Å². The molecule has 0 spiro atoms. The first kappa shape index (κ1) is 16.2. The molecule has 25 heavy (non-hydrogen) atoms. The van der Waals surface area contributed by atoms with Gasteiger partial charge in [-0.25, -0.2) is 9.97 Å². The van der Waals surface area contributed by atoms with Crippen molar-refractivity contribution >= 4 is 27.5 Å². The van der Waals surface area contributed by atoms with Crippen LogP contribution in [0.1, 0.15) is 28.9 Å². The number of carbonyl (C=O) groups excluding carboxylic acids is 1. The maximum atomic E-state index is 13.0. The topological polar surface area (TPSA) is 72.1 Å². The average molecular weight is 352 g/mol. The summed E-state index contributed by atoms with van der Waals surface area (Å²) in [5.41, 5.74) is 8.72. The molecule has 0 bridgehead atoms. The molecule has 0 unspecified atom stereocenters. The van der Waals surface area contributed by atoms with Gasteiger partial charge in [0, 0.05) is 25.0 Å². The van der Waals surface area contributed by atoms with Gasteiger partial charge < -0.3 is 10.6 Å². The van der Waals surface area contributed by atoms with E-state index in [0.29, 0.717) is 25.3 Å². The largest absolute Gasteiger partial charge is 0.337 e.